The van der Waals surface area contributed by atoms with Crippen LogP contribution in [0.1, 0.15) is 42.1 Å². The number of hydrogen-bond donors (Lipinski definition) is 1. The highest BCUT2D eigenvalue weighted by Gasteiger charge is 2.42. The molecule has 3 rings (SSSR count). The molecule has 124 valence electrons. The number of pyridine rings is 2. The number of aromatic nitrogens is 2. The second kappa shape index (κ2) is 7.01. The first-order valence-corrected chi connectivity index (χ1v) is 8.16. The lowest BCUT2D eigenvalue weighted by Crippen LogP contribution is -2.40. The van der Waals surface area contributed by atoms with E-state index in [9.17, 15) is 14.7 Å². The van der Waals surface area contributed by atoms with Crippen molar-refractivity contribution in [2.75, 3.05) is 0 Å². The zero-order chi connectivity index (χ0) is 17.1. The lowest BCUT2D eigenvalue weighted by molar-refractivity contribution is -0.133. The first kappa shape index (κ1) is 16.5. The monoisotopic (exact) mass is 324 g/mol. The number of nitrogens with zero attached hydrogens (tertiary/aromatic N) is 2. The van der Waals surface area contributed by atoms with Crippen LogP contribution in [0.2, 0.25) is 0 Å². The average Bonchev–Trinajstić information content (AvgIpc) is 2.63. The SMILES string of the molecule is CC1CC(C(=O)c2ccccn2)C(=O)C(C(O)c2ccccn2)C1. The predicted octanol–water partition coefficient (Wildman–Crippen LogP) is 2.62. The van der Waals surface area contributed by atoms with Crippen molar-refractivity contribution in [3.63, 3.8) is 0 Å². The molecule has 1 N–H and O–H groups in total. The average molecular weight is 324 g/mol. The highest BCUT2D eigenvalue weighted by Crippen LogP contribution is 2.38. The van der Waals surface area contributed by atoms with Crippen LogP contribution in [0.3, 0.4) is 0 Å². The second-order valence-corrected chi connectivity index (χ2v) is 6.42. The van der Waals surface area contributed by atoms with E-state index in [1.54, 1.807) is 48.8 Å². The summed E-state index contributed by atoms with van der Waals surface area (Å²) in [6.07, 6.45) is 3.21. The van der Waals surface area contributed by atoms with E-state index in [0.29, 0.717) is 24.2 Å². The van der Waals surface area contributed by atoms with Crippen LogP contribution in [0.25, 0.3) is 0 Å². The van der Waals surface area contributed by atoms with Crippen molar-refractivity contribution in [1.82, 2.24) is 9.97 Å². The fourth-order valence-electron chi connectivity index (χ4n) is 3.39. The molecule has 0 aliphatic heterocycles. The Hall–Kier alpha value is -2.40. The van der Waals surface area contributed by atoms with Crippen molar-refractivity contribution in [2.24, 2.45) is 17.8 Å². The lowest BCUT2D eigenvalue weighted by atomic mass is 9.70. The Bertz CT molecular complexity index is 718. The van der Waals surface area contributed by atoms with Gasteiger partial charge >= 0.3 is 0 Å². The third kappa shape index (κ3) is 3.26. The molecule has 1 aliphatic rings. The van der Waals surface area contributed by atoms with Crippen LogP contribution in [0.5, 0.6) is 0 Å². The van der Waals surface area contributed by atoms with Crippen molar-refractivity contribution in [3.8, 4) is 0 Å². The van der Waals surface area contributed by atoms with Gasteiger partial charge < -0.3 is 5.11 Å². The number of rotatable bonds is 4. The lowest BCUT2D eigenvalue weighted by Gasteiger charge is -2.33. The van der Waals surface area contributed by atoms with Gasteiger partial charge in [-0.05, 0) is 43.0 Å². The molecule has 4 unspecified atom stereocenters. The van der Waals surface area contributed by atoms with Gasteiger partial charge in [0.05, 0.1) is 17.5 Å². The second-order valence-electron chi connectivity index (χ2n) is 6.42. The minimum Gasteiger partial charge on any atom is -0.386 e. The van der Waals surface area contributed by atoms with Gasteiger partial charge in [0.1, 0.15) is 17.6 Å². The molecule has 4 atom stereocenters. The number of carbonyl (C=O) groups excluding carboxylic acids is 2. The van der Waals surface area contributed by atoms with E-state index in [4.69, 9.17) is 0 Å². The first-order chi connectivity index (χ1) is 11.6. The van der Waals surface area contributed by atoms with Crippen molar-refractivity contribution in [2.45, 2.75) is 25.9 Å². The third-order valence-electron chi connectivity index (χ3n) is 4.61. The third-order valence-corrected chi connectivity index (χ3v) is 4.61. The Kier molecular flexibility index (Phi) is 4.81. The van der Waals surface area contributed by atoms with Crippen LogP contribution in [-0.2, 0) is 4.79 Å². The Morgan fingerprint density at radius 3 is 2.46 bits per heavy atom. The number of hydrogen-bond acceptors (Lipinski definition) is 5. The first-order valence-electron chi connectivity index (χ1n) is 8.16. The maximum Gasteiger partial charge on any atom is 0.191 e. The van der Waals surface area contributed by atoms with E-state index in [2.05, 4.69) is 9.97 Å². The Morgan fingerprint density at radius 1 is 1.12 bits per heavy atom. The van der Waals surface area contributed by atoms with E-state index in [1.807, 2.05) is 6.92 Å². The van der Waals surface area contributed by atoms with Gasteiger partial charge in [-0.15, -0.1) is 0 Å². The van der Waals surface area contributed by atoms with Crippen molar-refractivity contribution in [3.05, 3.63) is 60.2 Å². The predicted molar refractivity (Wildman–Crippen MR) is 88.1 cm³/mol. The minimum absolute atomic E-state index is 0.170. The van der Waals surface area contributed by atoms with Crippen LogP contribution < -0.4 is 0 Å². The smallest absolute Gasteiger partial charge is 0.191 e. The van der Waals surface area contributed by atoms with Crippen LogP contribution in [0.15, 0.2) is 48.8 Å². The Morgan fingerprint density at radius 2 is 1.83 bits per heavy atom. The standard InChI is InChI=1S/C19H20N2O3/c1-12-10-13(18(23)15-6-2-4-8-20-15)17(22)14(11-12)19(24)16-7-3-5-9-21-16/h2-9,12-14,18,23H,10-11H2,1H3. The molecule has 0 radical (unpaired) electrons. The van der Waals surface area contributed by atoms with Gasteiger partial charge in [-0.25, -0.2) is 0 Å². The van der Waals surface area contributed by atoms with Gasteiger partial charge in [-0.2, -0.15) is 0 Å². The van der Waals surface area contributed by atoms with Gasteiger partial charge in [0.2, 0.25) is 0 Å². The molecule has 24 heavy (non-hydrogen) atoms. The number of ketones is 2. The zero-order valence-corrected chi connectivity index (χ0v) is 13.5. The maximum absolute atomic E-state index is 12.9. The quantitative estimate of drug-likeness (QED) is 0.691. The van der Waals surface area contributed by atoms with Gasteiger partial charge in [0.25, 0.3) is 0 Å². The van der Waals surface area contributed by atoms with Crippen molar-refractivity contribution in [1.29, 1.82) is 0 Å². The molecule has 0 saturated heterocycles. The number of aliphatic hydroxyl groups is 1. The molecule has 1 fully saturated rings. The van der Waals surface area contributed by atoms with E-state index >= 15 is 0 Å². The number of Topliss-reactive ketones (excluding diaryl/α,β-unsaturated/α-hetero) is 2. The molecular weight excluding hydrogens is 304 g/mol. The highest BCUT2D eigenvalue weighted by atomic mass is 16.3. The van der Waals surface area contributed by atoms with Crippen molar-refractivity contribution < 1.29 is 14.7 Å². The summed E-state index contributed by atoms with van der Waals surface area (Å²) in [4.78, 5) is 33.8. The molecule has 0 spiro atoms. The van der Waals surface area contributed by atoms with E-state index in [1.165, 1.54) is 0 Å². The molecule has 0 aromatic carbocycles. The number of carbonyl (C=O) groups is 2. The molecular formula is C19H20N2O3. The maximum atomic E-state index is 12.9. The van der Waals surface area contributed by atoms with E-state index < -0.39 is 17.9 Å². The fourth-order valence-corrected chi connectivity index (χ4v) is 3.39. The van der Waals surface area contributed by atoms with Gasteiger partial charge in [0, 0.05) is 12.4 Å². The summed E-state index contributed by atoms with van der Waals surface area (Å²) in [5, 5.41) is 10.6. The van der Waals surface area contributed by atoms with Crippen molar-refractivity contribution >= 4 is 11.6 Å². The van der Waals surface area contributed by atoms with E-state index in [-0.39, 0.29) is 17.5 Å². The molecule has 1 aliphatic carbocycles. The summed E-state index contributed by atoms with van der Waals surface area (Å²) in [5.74, 6) is -1.65. The Labute approximate surface area is 140 Å². The molecule has 2 heterocycles. The largest absolute Gasteiger partial charge is 0.386 e. The Balaban J connectivity index is 1.85. The fraction of sp³-hybridized carbons (Fsp3) is 0.368. The summed E-state index contributed by atoms with van der Waals surface area (Å²) >= 11 is 0. The molecule has 1 saturated carbocycles. The van der Waals surface area contributed by atoms with Crippen LogP contribution in [0, 0.1) is 17.8 Å². The van der Waals surface area contributed by atoms with Gasteiger partial charge in [-0.3, -0.25) is 19.6 Å². The molecule has 2 aromatic rings. The summed E-state index contributed by atoms with van der Waals surface area (Å²) in [5.41, 5.74) is 0.769. The normalized spacial score (nSPS) is 25.2. The van der Waals surface area contributed by atoms with Crippen LogP contribution >= 0.6 is 0 Å². The summed E-state index contributed by atoms with van der Waals surface area (Å²) in [6.45, 7) is 2.00. The topological polar surface area (TPSA) is 80.2 Å². The van der Waals surface area contributed by atoms with E-state index in [0.717, 1.165) is 0 Å². The van der Waals surface area contributed by atoms with Crippen LogP contribution in [-0.4, -0.2) is 26.6 Å². The molecule has 5 nitrogen and oxygen atoms in total. The highest BCUT2D eigenvalue weighted by molar-refractivity contribution is 6.10. The molecule has 0 amide bonds. The number of aliphatic hydroxyl groups excluding tert-OH is 1. The molecule has 0 bridgehead atoms. The summed E-state index contributed by atoms with van der Waals surface area (Å²) in [7, 11) is 0. The van der Waals surface area contributed by atoms with Crippen LogP contribution in [0.4, 0.5) is 0 Å². The molecule has 5 heteroatoms. The zero-order valence-electron chi connectivity index (χ0n) is 13.5. The summed E-state index contributed by atoms with van der Waals surface area (Å²) < 4.78 is 0. The van der Waals surface area contributed by atoms with Gasteiger partial charge in [-0.1, -0.05) is 19.1 Å². The molecule has 2 aromatic heterocycles. The van der Waals surface area contributed by atoms with Gasteiger partial charge in [0.15, 0.2) is 5.78 Å². The summed E-state index contributed by atoms with van der Waals surface area (Å²) in [6, 6.07) is 10.3. The minimum atomic E-state index is -0.986.